The van der Waals surface area contributed by atoms with Gasteiger partial charge in [-0.05, 0) is 68.1 Å². The fraction of sp³-hybridized carbons (Fsp3) is 0.316. The Morgan fingerprint density at radius 1 is 1.09 bits per heavy atom. The van der Waals surface area contributed by atoms with E-state index in [-0.39, 0.29) is 0 Å². The highest BCUT2D eigenvalue weighted by Crippen LogP contribution is 2.31. The normalized spacial score (nSPS) is 14.3. The highest BCUT2D eigenvalue weighted by atomic mass is 32.1. The summed E-state index contributed by atoms with van der Waals surface area (Å²) in [6, 6.07) is 16.4. The number of benzene rings is 2. The maximum Gasteiger partial charge on any atom is 0.279 e. The highest BCUT2D eigenvalue weighted by molar-refractivity contribution is 7.20. The molecule has 0 bridgehead atoms. The fourth-order valence-corrected chi connectivity index (χ4v) is 3.42. The Hall–Kier alpha value is -1.91. The molecule has 2 aromatic carbocycles. The number of thiazole rings is 1. The minimum absolute atomic E-state index is 0.699. The van der Waals surface area contributed by atoms with Gasteiger partial charge in [-0.2, -0.15) is 0 Å². The Balaban J connectivity index is 1.33. The molecule has 1 aliphatic carbocycles. The van der Waals surface area contributed by atoms with Gasteiger partial charge in [0.25, 0.3) is 5.19 Å². The van der Waals surface area contributed by atoms with Crippen LogP contribution in [0.25, 0.3) is 10.2 Å². The summed E-state index contributed by atoms with van der Waals surface area (Å²) >= 11 is 1.58. The van der Waals surface area contributed by atoms with Crippen LogP contribution >= 0.6 is 11.3 Å². The summed E-state index contributed by atoms with van der Waals surface area (Å²) in [5.41, 5.74) is 2.33. The van der Waals surface area contributed by atoms with E-state index in [0.29, 0.717) is 5.19 Å². The van der Waals surface area contributed by atoms with E-state index < -0.39 is 0 Å². The van der Waals surface area contributed by atoms with Crippen molar-refractivity contribution in [2.75, 3.05) is 13.1 Å². The molecule has 0 aliphatic heterocycles. The van der Waals surface area contributed by atoms with E-state index in [1.807, 2.05) is 30.3 Å². The molecule has 0 spiro atoms. The first-order valence-corrected chi connectivity index (χ1v) is 9.01. The molecule has 1 fully saturated rings. The van der Waals surface area contributed by atoms with Crippen molar-refractivity contribution in [3.8, 4) is 10.9 Å². The maximum atomic E-state index is 5.88. The molecular formula is C19H20N2OS. The van der Waals surface area contributed by atoms with E-state index >= 15 is 0 Å². The summed E-state index contributed by atoms with van der Waals surface area (Å²) in [5.74, 6) is 1.79. The van der Waals surface area contributed by atoms with Gasteiger partial charge in [-0.25, -0.2) is 4.98 Å². The van der Waals surface area contributed by atoms with Gasteiger partial charge in [-0.15, -0.1) is 0 Å². The molecule has 4 rings (SSSR count). The van der Waals surface area contributed by atoms with Gasteiger partial charge < -0.3 is 10.1 Å². The molecule has 118 valence electrons. The summed E-state index contributed by atoms with van der Waals surface area (Å²) in [6.07, 6.45) is 3.88. The Morgan fingerprint density at radius 2 is 1.91 bits per heavy atom. The second-order valence-corrected chi connectivity index (χ2v) is 7.08. The number of nitrogens with one attached hydrogen (secondary N) is 1. The Bertz CT molecular complexity index is 744. The monoisotopic (exact) mass is 324 g/mol. The zero-order chi connectivity index (χ0) is 15.5. The molecule has 0 radical (unpaired) electrons. The average molecular weight is 324 g/mol. The summed E-state index contributed by atoms with van der Waals surface area (Å²) < 4.78 is 7.03. The first-order chi connectivity index (χ1) is 11.4. The Morgan fingerprint density at radius 3 is 2.70 bits per heavy atom. The molecule has 1 aliphatic rings. The Labute approximate surface area is 140 Å². The third-order valence-electron chi connectivity index (χ3n) is 4.12. The smallest absolute Gasteiger partial charge is 0.279 e. The van der Waals surface area contributed by atoms with Gasteiger partial charge in [0.2, 0.25) is 0 Å². The highest BCUT2D eigenvalue weighted by Gasteiger charge is 2.19. The van der Waals surface area contributed by atoms with E-state index in [1.54, 1.807) is 11.3 Å². The van der Waals surface area contributed by atoms with Crippen LogP contribution in [-0.2, 0) is 6.42 Å². The van der Waals surface area contributed by atoms with Gasteiger partial charge in [0.05, 0.1) is 10.2 Å². The van der Waals surface area contributed by atoms with Crippen molar-refractivity contribution in [3.05, 3.63) is 54.1 Å². The lowest BCUT2D eigenvalue weighted by molar-refractivity contribution is 0.480. The van der Waals surface area contributed by atoms with Crippen molar-refractivity contribution in [2.45, 2.75) is 19.3 Å². The van der Waals surface area contributed by atoms with Crippen LogP contribution in [-0.4, -0.2) is 18.1 Å². The molecular weight excluding hydrogens is 304 g/mol. The molecule has 3 nitrogen and oxygen atoms in total. The van der Waals surface area contributed by atoms with Gasteiger partial charge in [0.1, 0.15) is 5.75 Å². The number of hydrogen-bond donors (Lipinski definition) is 1. The summed E-state index contributed by atoms with van der Waals surface area (Å²) in [7, 11) is 0. The lowest BCUT2D eigenvalue weighted by Gasteiger charge is -2.05. The van der Waals surface area contributed by atoms with Gasteiger partial charge in [0.15, 0.2) is 0 Å². The standard InChI is InChI=1S/C19H20N2OS/c1-2-4-18-17(3-1)21-19(23-18)22-16-9-7-14(8-10-16)11-12-20-13-15-5-6-15/h1-4,7-10,15,20H,5-6,11-13H2. The minimum Gasteiger partial charge on any atom is -0.431 e. The molecule has 0 atom stereocenters. The fourth-order valence-electron chi connectivity index (χ4n) is 2.58. The summed E-state index contributed by atoms with van der Waals surface area (Å²) in [5, 5.41) is 4.22. The van der Waals surface area contributed by atoms with E-state index in [4.69, 9.17) is 4.74 Å². The van der Waals surface area contributed by atoms with Crippen molar-refractivity contribution in [3.63, 3.8) is 0 Å². The molecule has 1 saturated carbocycles. The average Bonchev–Trinajstić information content (AvgIpc) is 3.31. The van der Waals surface area contributed by atoms with Crippen LogP contribution in [0.15, 0.2) is 48.5 Å². The van der Waals surface area contributed by atoms with Gasteiger partial charge in [0, 0.05) is 0 Å². The molecule has 1 aromatic heterocycles. The second-order valence-electron chi connectivity index (χ2n) is 6.09. The van der Waals surface area contributed by atoms with Crippen LogP contribution in [0.3, 0.4) is 0 Å². The van der Waals surface area contributed by atoms with E-state index in [2.05, 4.69) is 28.5 Å². The molecule has 0 amide bonds. The SMILES string of the molecule is c1ccc2sc(Oc3ccc(CCNCC4CC4)cc3)nc2c1. The van der Waals surface area contributed by atoms with Crippen molar-refractivity contribution in [2.24, 2.45) is 5.92 Å². The number of rotatable bonds is 7. The van der Waals surface area contributed by atoms with Crippen molar-refractivity contribution >= 4 is 21.6 Å². The lowest BCUT2D eigenvalue weighted by Crippen LogP contribution is -2.19. The van der Waals surface area contributed by atoms with Crippen molar-refractivity contribution < 1.29 is 4.74 Å². The number of para-hydroxylation sites is 1. The lowest BCUT2D eigenvalue weighted by atomic mass is 10.1. The maximum absolute atomic E-state index is 5.88. The summed E-state index contributed by atoms with van der Waals surface area (Å²) in [6.45, 7) is 2.23. The van der Waals surface area contributed by atoms with Gasteiger partial charge >= 0.3 is 0 Å². The molecule has 3 aromatic rings. The molecule has 0 saturated heterocycles. The van der Waals surface area contributed by atoms with Crippen LogP contribution < -0.4 is 10.1 Å². The van der Waals surface area contributed by atoms with Gasteiger partial charge in [-0.1, -0.05) is 35.6 Å². The molecule has 1 N–H and O–H groups in total. The van der Waals surface area contributed by atoms with Crippen LogP contribution in [0.2, 0.25) is 0 Å². The molecule has 23 heavy (non-hydrogen) atoms. The van der Waals surface area contributed by atoms with Crippen molar-refractivity contribution in [1.29, 1.82) is 0 Å². The number of aromatic nitrogens is 1. The van der Waals surface area contributed by atoms with Crippen LogP contribution in [0.4, 0.5) is 0 Å². The van der Waals surface area contributed by atoms with E-state index in [1.165, 1.54) is 24.9 Å². The topological polar surface area (TPSA) is 34.1 Å². The molecule has 1 heterocycles. The third kappa shape index (κ3) is 3.89. The third-order valence-corrected chi connectivity index (χ3v) is 5.04. The van der Waals surface area contributed by atoms with E-state index in [0.717, 1.165) is 34.8 Å². The largest absolute Gasteiger partial charge is 0.431 e. The number of fused-ring (bicyclic) bond motifs is 1. The number of ether oxygens (including phenoxy) is 1. The molecule has 0 unspecified atom stereocenters. The number of nitrogens with zero attached hydrogens (tertiary/aromatic N) is 1. The number of hydrogen-bond acceptors (Lipinski definition) is 4. The van der Waals surface area contributed by atoms with Crippen LogP contribution in [0.5, 0.6) is 10.9 Å². The van der Waals surface area contributed by atoms with Crippen molar-refractivity contribution in [1.82, 2.24) is 10.3 Å². The zero-order valence-electron chi connectivity index (χ0n) is 13.0. The van der Waals surface area contributed by atoms with E-state index in [9.17, 15) is 0 Å². The first kappa shape index (κ1) is 14.7. The van der Waals surface area contributed by atoms with Gasteiger partial charge in [-0.3, -0.25) is 0 Å². The zero-order valence-corrected chi connectivity index (χ0v) is 13.8. The van der Waals surface area contributed by atoms with Crippen LogP contribution in [0.1, 0.15) is 18.4 Å². The Kier molecular flexibility index (Phi) is 4.26. The van der Waals surface area contributed by atoms with Crippen LogP contribution in [0, 0.1) is 5.92 Å². The minimum atomic E-state index is 0.699. The predicted molar refractivity (Wildman–Crippen MR) is 95.4 cm³/mol. The molecule has 4 heteroatoms. The summed E-state index contributed by atoms with van der Waals surface area (Å²) in [4.78, 5) is 4.50. The second kappa shape index (κ2) is 6.69. The first-order valence-electron chi connectivity index (χ1n) is 8.20. The quantitative estimate of drug-likeness (QED) is 0.643. The predicted octanol–water partition coefficient (Wildman–Crippen LogP) is 4.63.